The van der Waals surface area contributed by atoms with Crippen LogP contribution in [-0.4, -0.2) is 30.5 Å². The van der Waals surface area contributed by atoms with Crippen LogP contribution < -0.4 is 5.32 Å². The fourth-order valence-corrected chi connectivity index (χ4v) is 4.04. The van der Waals surface area contributed by atoms with Crippen LogP contribution in [0, 0.1) is 19.8 Å². The maximum absolute atomic E-state index is 12.6. The van der Waals surface area contributed by atoms with E-state index in [0.29, 0.717) is 16.1 Å². The minimum Gasteiger partial charge on any atom is -0.454 e. The Balaban J connectivity index is 1.67. The normalized spacial score (nSPS) is 13.3. The number of ether oxygens (including phenoxy) is 1. The summed E-state index contributed by atoms with van der Waals surface area (Å²) in [5, 5.41) is 3.34. The van der Waals surface area contributed by atoms with Crippen molar-refractivity contribution in [1.29, 1.82) is 0 Å². The van der Waals surface area contributed by atoms with Crippen LogP contribution in [0.1, 0.15) is 44.0 Å². The highest BCUT2D eigenvalue weighted by Crippen LogP contribution is 2.36. The number of esters is 1. The Hall–Kier alpha value is -2.12. The Kier molecular flexibility index (Phi) is 6.01. The van der Waals surface area contributed by atoms with E-state index in [-0.39, 0.29) is 24.2 Å². The average molecular weight is 404 g/mol. The maximum atomic E-state index is 12.6. The predicted molar refractivity (Wildman–Crippen MR) is 108 cm³/mol. The lowest BCUT2D eigenvalue weighted by molar-refractivity contribution is -0.117. The second kappa shape index (κ2) is 8.27. The van der Waals surface area contributed by atoms with Crippen molar-refractivity contribution in [2.24, 2.45) is 5.92 Å². The van der Waals surface area contributed by atoms with Gasteiger partial charge in [-0.25, -0.2) is 4.79 Å². The van der Waals surface area contributed by atoms with Gasteiger partial charge in [-0.2, -0.15) is 0 Å². The number of thiophene rings is 1. The van der Waals surface area contributed by atoms with Crippen molar-refractivity contribution >= 4 is 45.8 Å². The van der Waals surface area contributed by atoms with Crippen LogP contribution in [0.4, 0.5) is 5.00 Å². The number of anilines is 1. The van der Waals surface area contributed by atoms with Crippen LogP contribution in [0.2, 0.25) is 0 Å². The first-order chi connectivity index (χ1) is 12.9. The lowest BCUT2D eigenvalue weighted by atomic mass is 10.1. The highest BCUT2D eigenvalue weighted by atomic mass is 32.2. The lowest BCUT2D eigenvalue weighted by Gasteiger charge is -2.08. The summed E-state index contributed by atoms with van der Waals surface area (Å²) in [6, 6.07) is 7.17. The fourth-order valence-electron chi connectivity index (χ4n) is 2.58. The first kappa shape index (κ1) is 19.6. The third kappa shape index (κ3) is 4.59. The minimum atomic E-state index is -0.586. The van der Waals surface area contributed by atoms with Gasteiger partial charge in [-0.3, -0.25) is 9.59 Å². The molecule has 1 N–H and O–H groups in total. The van der Waals surface area contributed by atoms with Gasteiger partial charge in [0.1, 0.15) is 5.00 Å². The third-order valence-electron chi connectivity index (χ3n) is 4.52. The number of aryl methyl sites for hydroxylation is 1. The largest absolute Gasteiger partial charge is 0.454 e. The summed E-state index contributed by atoms with van der Waals surface area (Å²) in [5.41, 5.74) is 1.62. The molecule has 1 heterocycles. The summed E-state index contributed by atoms with van der Waals surface area (Å²) >= 11 is 2.95. The summed E-state index contributed by atoms with van der Waals surface area (Å²) in [4.78, 5) is 38.9. The molecule has 0 radical (unpaired) electrons. The van der Waals surface area contributed by atoms with Crippen LogP contribution in [0.25, 0.3) is 0 Å². The zero-order valence-electron chi connectivity index (χ0n) is 15.5. The summed E-state index contributed by atoms with van der Waals surface area (Å²) < 4.78 is 5.26. The molecule has 1 saturated carbocycles. The van der Waals surface area contributed by atoms with Gasteiger partial charge in [0, 0.05) is 21.3 Å². The molecule has 1 aliphatic rings. The second-order valence-corrected chi connectivity index (χ2v) is 8.58. The summed E-state index contributed by atoms with van der Waals surface area (Å²) in [6.45, 7) is 3.38. The number of nitrogens with one attached hydrogen (secondary N) is 1. The average Bonchev–Trinajstić information content (AvgIpc) is 3.47. The molecule has 27 heavy (non-hydrogen) atoms. The van der Waals surface area contributed by atoms with Gasteiger partial charge in [0.05, 0.1) is 5.56 Å². The van der Waals surface area contributed by atoms with E-state index in [1.54, 1.807) is 23.9 Å². The minimum absolute atomic E-state index is 0.0439. The molecular formula is C20H21NO4S2. The molecule has 1 fully saturated rings. The quantitative estimate of drug-likeness (QED) is 0.419. The van der Waals surface area contributed by atoms with E-state index in [2.05, 4.69) is 5.32 Å². The van der Waals surface area contributed by atoms with Crippen molar-refractivity contribution in [3.8, 4) is 0 Å². The molecule has 0 saturated heterocycles. The summed E-state index contributed by atoms with van der Waals surface area (Å²) in [6.07, 6.45) is 3.74. The molecule has 2 aromatic rings. The van der Waals surface area contributed by atoms with E-state index < -0.39 is 5.97 Å². The molecule has 0 spiro atoms. The molecule has 142 valence electrons. The molecule has 0 bridgehead atoms. The number of hydrogen-bond acceptors (Lipinski definition) is 6. The number of carbonyl (C=O) groups excluding carboxylic acids is 3. The van der Waals surface area contributed by atoms with Gasteiger partial charge in [-0.1, -0.05) is 12.1 Å². The van der Waals surface area contributed by atoms with E-state index in [9.17, 15) is 14.4 Å². The Morgan fingerprint density at radius 1 is 1.19 bits per heavy atom. The number of Topliss-reactive ketones (excluding diaryl/α,β-unsaturated/α-hetero) is 1. The summed E-state index contributed by atoms with van der Waals surface area (Å²) in [7, 11) is 0. The van der Waals surface area contributed by atoms with Crippen molar-refractivity contribution in [2.75, 3.05) is 18.2 Å². The van der Waals surface area contributed by atoms with Crippen molar-refractivity contribution in [3.05, 3.63) is 45.8 Å². The Labute approximate surface area is 166 Å². The SMILES string of the molecule is CSc1ccc(C(=O)COC(=O)c2c(NC(=O)C3CC3)sc(C)c2C)cc1. The number of thioether (sulfide) groups is 1. The van der Waals surface area contributed by atoms with Crippen LogP contribution in [0.3, 0.4) is 0 Å². The standard InChI is InChI=1S/C20H21NO4S2/c1-11-12(2)27-19(21-18(23)14-4-5-14)17(11)20(24)25-10-16(22)13-6-8-15(26-3)9-7-13/h6-9,14H,4-5,10H2,1-3H3,(H,21,23). The Morgan fingerprint density at radius 2 is 1.85 bits per heavy atom. The molecule has 5 nitrogen and oxygen atoms in total. The van der Waals surface area contributed by atoms with Crippen molar-refractivity contribution in [1.82, 2.24) is 0 Å². The van der Waals surface area contributed by atoms with Gasteiger partial charge in [-0.05, 0) is 50.6 Å². The Bertz CT molecular complexity index is 882. The van der Waals surface area contributed by atoms with Crippen molar-refractivity contribution in [3.63, 3.8) is 0 Å². The predicted octanol–water partition coefficient (Wildman–Crippen LogP) is 4.48. The van der Waals surface area contributed by atoms with E-state index in [0.717, 1.165) is 28.2 Å². The van der Waals surface area contributed by atoms with Crippen LogP contribution in [0.5, 0.6) is 0 Å². The molecule has 1 aromatic heterocycles. The molecule has 7 heteroatoms. The number of carbonyl (C=O) groups is 3. The molecule has 0 aliphatic heterocycles. The maximum Gasteiger partial charge on any atom is 0.341 e. The topological polar surface area (TPSA) is 72.5 Å². The van der Waals surface area contributed by atoms with Gasteiger partial charge >= 0.3 is 5.97 Å². The second-order valence-electron chi connectivity index (χ2n) is 6.48. The number of benzene rings is 1. The van der Waals surface area contributed by atoms with Gasteiger partial charge in [0.15, 0.2) is 12.4 Å². The first-order valence-corrected chi connectivity index (χ1v) is 10.7. The molecule has 0 atom stereocenters. The number of amides is 1. The van der Waals surface area contributed by atoms with Crippen molar-refractivity contribution < 1.29 is 19.1 Å². The molecule has 1 aliphatic carbocycles. The monoisotopic (exact) mass is 403 g/mol. The highest BCUT2D eigenvalue weighted by molar-refractivity contribution is 7.98. The highest BCUT2D eigenvalue weighted by Gasteiger charge is 2.31. The fraction of sp³-hybridized carbons (Fsp3) is 0.350. The third-order valence-corrected chi connectivity index (χ3v) is 6.39. The number of ketones is 1. The van der Waals surface area contributed by atoms with E-state index in [1.807, 2.05) is 32.2 Å². The zero-order valence-corrected chi connectivity index (χ0v) is 17.1. The number of rotatable bonds is 7. The first-order valence-electron chi connectivity index (χ1n) is 8.66. The van der Waals surface area contributed by atoms with E-state index in [4.69, 9.17) is 4.74 Å². The molecule has 1 aromatic carbocycles. The van der Waals surface area contributed by atoms with Gasteiger partial charge in [0.2, 0.25) is 5.91 Å². The molecule has 3 rings (SSSR count). The summed E-state index contributed by atoms with van der Waals surface area (Å²) in [5.74, 6) is -0.862. The van der Waals surface area contributed by atoms with Crippen LogP contribution >= 0.6 is 23.1 Å². The molecule has 1 amide bonds. The number of hydrogen-bond donors (Lipinski definition) is 1. The van der Waals surface area contributed by atoms with Gasteiger partial charge in [-0.15, -0.1) is 23.1 Å². The van der Waals surface area contributed by atoms with E-state index >= 15 is 0 Å². The van der Waals surface area contributed by atoms with Crippen LogP contribution in [0.15, 0.2) is 29.2 Å². The Morgan fingerprint density at radius 3 is 2.44 bits per heavy atom. The van der Waals surface area contributed by atoms with E-state index in [1.165, 1.54) is 11.3 Å². The van der Waals surface area contributed by atoms with Gasteiger partial charge < -0.3 is 10.1 Å². The lowest BCUT2D eigenvalue weighted by Crippen LogP contribution is -2.18. The van der Waals surface area contributed by atoms with Crippen LogP contribution in [-0.2, 0) is 9.53 Å². The van der Waals surface area contributed by atoms with Crippen molar-refractivity contribution in [2.45, 2.75) is 31.6 Å². The van der Waals surface area contributed by atoms with Gasteiger partial charge in [0.25, 0.3) is 0 Å². The zero-order chi connectivity index (χ0) is 19.6. The smallest absolute Gasteiger partial charge is 0.341 e. The molecule has 0 unspecified atom stereocenters. The molecular weight excluding hydrogens is 382 g/mol.